The molecule has 0 spiro atoms. The summed E-state index contributed by atoms with van der Waals surface area (Å²) >= 11 is 0. The summed E-state index contributed by atoms with van der Waals surface area (Å²) in [5.41, 5.74) is 3.42. The standard InChI is InChI=1S/C14H16N2O/c1-2-4-12(5-3-1)14-13(10-17-16-14)11-6-8-15-9-7-11/h1-5,10-11,15H,6-9H2. The van der Waals surface area contributed by atoms with E-state index in [-0.39, 0.29) is 0 Å². The van der Waals surface area contributed by atoms with Crippen LogP contribution in [0.15, 0.2) is 41.1 Å². The second kappa shape index (κ2) is 4.72. The Bertz CT molecular complexity index is 472. The molecule has 1 saturated heterocycles. The molecule has 1 aliphatic heterocycles. The van der Waals surface area contributed by atoms with Crippen LogP contribution in [0.1, 0.15) is 24.3 Å². The number of hydrogen-bond acceptors (Lipinski definition) is 3. The van der Waals surface area contributed by atoms with E-state index in [1.807, 2.05) is 24.5 Å². The summed E-state index contributed by atoms with van der Waals surface area (Å²) in [6.07, 6.45) is 4.15. The van der Waals surface area contributed by atoms with Crippen molar-refractivity contribution in [2.24, 2.45) is 0 Å². The minimum absolute atomic E-state index is 0.581. The van der Waals surface area contributed by atoms with Crippen LogP contribution in [0.25, 0.3) is 11.3 Å². The fraction of sp³-hybridized carbons (Fsp3) is 0.357. The Morgan fingerprint density at radius 2 is 1.88 bits per heavy atom. The van der Waals surface area contributed by atoms with E-state index in [2.05, 4.69) is 22.6 Å². The van der Waals surface area contributed by atoms with Crippen molar-refractivity contribution in [1.29, 1.82) is 0 Å². The fourth-order valence-corrected chi connectivity index (χ4v) is 2.48. The lowest BCUT2D eigenvalue weighted by Crippen LogP contribution is -2.26. The maximum Gasteiger partial charge on any atom is 0.127 e. The zero-order valence-corrected chi connectivity index (χ0v) is 9.73. The number of nitrogens with zero attached hydrogens (tertiary/aromatic N) is 1. The summed E-state index contributed by atoms with van der Waals surface area (Å²) in [5, 5.41) is 7.55. The monoisotopic (exact) mass is 228 g/mol. The highest BCUT2D eigenvalue weighted by molar-refractivity contribution is 5.62. The van der Waals surface area contributed by atoms with Gasteiger partial charge < -0.3 is 9.84 Å². The molecule has 3 nitrogen and oxygen atoms in total. The minimum atomic E-state index is 0.581. The zero-order valence-electron chi connectivity index (χ0n) is 9.73. The number of rotatable bonds is 2. The average molecular weight is 228 g/mol. The molecule has 2 heterocycles. The summed E-state index contributed by atoms with van der Waals surface area (Å²) in [4.78, 5) is 0. The molecule has 3 heteroatoms. The molecule has 1 aromatic heterocycles. The van der Waals surface area contributed by atoms with Gasteiger partial charge in [-0.2, -0.15) is 0 Å². The van der Waals surface area contributed by atoms with Gasteiger partial charge in [0.1, 0.15) is 12.0 Å². The average Bonchev–Trinajstić information content (AvgIpc) is 2.90. The van der Waals surface area contributed by atoms with Crippen LogP contribution < -0.4 is 5.32 Å². The van der Waals surface area contributed by atoms with E-state index in [0.717, 1.165) is 24.3 Å². The van der Waals surface area contributed by atoms with E-state index in [1.165, 1.54) is 18.4 Å². The fourth-order valence-electron chi connectivity index (χ4n) is 2.48. The van der Waals surface area contributed by atoms with Crippen molar-refractivity contribution in [2.45, 2.75) is 18.8 Å². The SMILES string of the molecule is c1ccc(-c2nocc2C2CCNCC2)cc1. The van der Waals surface area contributed by atoms with E-state index in [4.69, 9.17) is 4.52 Å². The van der Waals surface area contributed by atoms with Gasteiger partial charge in [0.25, 0.3) is 0 Å². The third-order valence-corrected chi connectivity index (χ3v) is 3.42. The van der Waals surface area contributed by atoms with Crippen LogP contribution in [0.3, 0.4) is 0 Å². The number of nitrogens with one attached hydrogen (secondary N) is 1. The van der Waals surface area contributed by atoms with Gasteiger partial charge >= 0.3 is 0 Å². The van der Waals surface area contributed by atoms with Crippen molar-refractivity contribution >= 4 is 0 Å². The van der Waals surface area contributed by atoms with Gasteiger partial charge in [0, 0.05) is 11.1 Å². The first-order valence-corrected chi connectivity index (χ1v) is 6.15. The molecule has 2 aromatic rings. The summed E-state index contributed by atoms with van der Waals surface area (Å²) in [7, 11) is 0. The van der Waals surface area contributed by atoms with Crippen LogP contribution in [0, 0.1) is 0 Å². The quantitative estimate of drug-likeness (QED) is 0.859. The van der Waals surface area contributed by atoms with Crippen LogP contribution in [-0.4, -0.2) is 18.2 Å². The molecule has 3 rings (SSSR count). The molecule has 17 heavy (non-hydrogen) atoms. The summed E-state index contributed by atoms with van der Waals surface area (Å²) in [6, 6.07) is 10.3. The predicted octanol–water partition coefficient (Wildman–Crippen LogP) is 2.81. The van der Waals surface area contributed by atoms with E-state index >= 15 is 0 Å². The Kier molecular flexibility index (Phi) is 2.92. The number of aromatic nitrogens is 1. The predicted molar refractivity (Wildman–Crippen MR) is 66.8 cm³/mol. The Balaban J connectivity index is 1.93. The van der Waals surface area contributed by atoms with Crippen molar-refractivity contribution in [1.82, 2.24) is 10.5 Å². The van der Waals surface area contributed by atoms with E-state index in [1.54, 1.807) is 0 Å². The molecule has 0 saturated carbocycles. The van der Waals surface area contributed by atoms with E-state index in [9.17, 15) is 0 Å². The van der Waals surface area contributed by atoms with Gasteiger partial charge in [0.2, 0.25) is 0 Å². The third-order valence-electron chi connectivity index (χ3n) is 3.42. The summed E-state index contributed by atoms with van der Waals surface area (Å²) in [6.45, 7) is 2.17. The molecule has 0 amide bonds. The highest BCUT2D eigenvalue weighted by Gasteiger charge is 2.21. The third kappa shape index (κ3) is 2.11. The summed E-state index contributed by atoms with van der Waals surface area (Å²) in [5.74, 6) is 0.581. The Labute approximate surface area is 101 Å². The van der Waals surface area contributed by atoms with Gasteiger partial charge in [-0.3, -0.25) is 0 Å². The van der Waals surface area contributed by atoms with Crippen LogP contribution in [0.5, 0.6) is 0 Å². The van der Waals surface area contributed by atoms with E-state index in [0.29, 0.717) is 5.92 Å². The van der Waals surface area contributed by atoms with Gasteiger partial charge in [0.05, 0.1) is 0 Å². The van der Waals surface area contributed by atoms with Gasteiger partial charge in [-0.05, 0) is 31.8 Å². The van der Waals surface area contributed by atoms with Crippen molar-refractivity contribution in [3.05, 3.63) is 42.2 Å². The molecular formula is C14H16N2O. The second-order valence-electron chi connectivity index (χ2n) is 4.51. The Morgan fingerprint density at radius 1 is 1.12 bits per heavy atom. The van der Waals surface area contributed by atoms with Crippen LogP contribution >= 0.6 is 0 Å². The second-order valence-corrected chi connectivity index (χ2v) is 4.51. The molecule has 0 radical (unpaired) electrons. The van der Waals surface area contributed by atoms with Crippen molar-refractivity contribution < 1.29 is 4.52 Å². The zero-order chi connectivity index (χ0) is 11.5. The molecular weight excluding hydrogens is 212 g/mol. The lowest BCUT2D eigenvalue weighted by atomic mass is 9.89. The van der Waals surface area contributed by atoms with Gasteiger partial charge in [-0.15, -0.1) is 0 Å². The maximum atomic E-state index is 5.18. The highest BCUT2D eigenvalue weighted by atomic mass is 16.5. The number of piperidine rings is 1. The molecule has 0 bridgehead atoms. The van der Waals surface area contributed by atoms with Gasteiger partial charge in [-0.25, -0.2) is 0 Å². The number of hydrogen-bond donors (Lipinski definition) is 1. The van der Waals surface area contributed by atoms with Crippen LogP contribution in [0.4, 0.5) is 0 Å². The molecule has 1 aliphatic rings. The lowest BCUT2D eigenvalue weighted by Gasteiger charge is -2.21. The largest absolute Gasteiger partial charge is 0.364 e. The lowest BCUT2D eigenvalue weighted by molar-refractivity contribution is 0.415. The molecule has 0 atom stereocenters. The maximum absolute atomic E-state index is 5.18. The topological polar surface area (TPSA) is 38.1 Å². The number of benzene rings is 1. The van der Waals surface area contributed by atoms with E-state index < -0.39 is 0 Å². The molecule has 1 aromatic carbocycles. The first-order valence-electron chi connectivity index (χ1n) is 6.15. The summed E-state index contributed by atoms with van der Waals surface area (Å²) < 4.78 is 5.18. The van der Waals surface area contributed by atoms with Gasteiger partial charge in [-0.1, -0.05) is 35.5 Å². The van der Waals surface area contributed by atoms with Crippen LogP contribution in [0.2, 0.25) is 0 Å². The Morgan fingerprint density at radius 3 is 2.65 bits per heavy atom. The normalized spacial score (nSPS) is 17.2. The molecule has 0 aliphatic carbocycles. The Hall–Kier alpha value is -1.61. The van der Waals surface area contributed by atoms with Gasteiger partial charge in [0.15, 0.2) is 0 Å². The van der Waals surface area contributed by atoms with Crippen molar-refractivity contribution in [3.8, 4) is 11.3 Å². The molecule has 1 N–H and O–H groups in total. The minimum Gasteiger partial charge on any atom is -0.364 e. The molecule has 1 fully saturated rings. The smallest absolute Gasteiger partial charge is 0.127 e. The molecule has 0 unspecified atom stereocenters. The first-order chi connectivity index (χ1) is 8.45. The van der Waals surface area contributed by atoms with Crippen molar-refractivity contribution in [3.63, 3.8) is 0 Å². The van der Waals surface area contributed by atoms with Crippen molar-refractivity contribution in [2.75, 3.05) is 13.1 Å². The molecule has 88 valence electrons. The first kappa shape index (κ1) is 10.5. The highest BCUT2D eigenvalue weighted by Crippen LogP contribution is 2.32. The van der Waals surface area contributed by atoms with Crippen LogP contribution in [-0.2, 0) is 0 Å².